The third-order valence-electron chi connectivity index (χ3n) is 3.38. The maximum Gasteiger partial charge on any atom is 0.138 e. The predicted octanol–water partition coefficient (Wildman–Crippen LogP) is 5.60. The fraction of sp³-hybridized carbons (Fsp3) is 0.0556. The molecule has 0 N–H and O–H groups in total. The van der Waals surface area contributed by atoms with E-state index >= 15 is 0 Å². The highest BCUT2D eigenvalue weighted by Gasteiger charge is 2.09. The Kier molecular flexibility index (Phi) is 4.20. The summed E-state index contributed by atoms with van der Waals surface area (Å²) in [6.45, 7) is 0.323. The van der Waals surface area contributed by atoms with Crippen LogP contribution in [0.4, 0.5) is 0 Å². The number of ether oxygens (including phenoxy) is 1. The summed E-state index contributed by atoms with van der Waals surface area (Å²) in [7, 11) is 0. The first-order valence-electron chi connectivity index (χ1n) is 6.67. The monoisotopic (exact) mass is 327 g/mol. The van der Waals surface area contributed by atoms with Crippen molar-refractivity contribution in [2.45, 2.75) is 6.61 Å². The van der Waals surface area contributed by atoms with Crippen LogP contribution in [0.25, 0.3) is 10.8 Å². The number of nitriles is 1. The van der Waals surface area contributed by atoms with E-state index in [0.29, 0.717) is 28.0 Å². The van der Waals surface area contributed by atoms with Crippen LogP contribution in [0.3, 0.4) is 0 Å². The van der Waals surface area contributed by atoms with Crippen LogP contribution in [0, 0.1) is 11.3 Å². The summed E-state index contributed by atoms with van der Waals surface area (Å²) in [5, 5.41) is 12.3. The van der Waals surface area contributed by atoms with Crippen molar-refractivity contribution >= 4 is 34.0 Å². The molecule has 2 nitrogen and oxygen atoms in total. The summed E-state index contributed by atoms with van der Waals surface area (Å²) in [5.74, 6) is 0.562. The molecule has 0 amide bonds. The van der Waals surface area contributed by atoms with Gasteiger partial charge >= 0.3 is 0 Å². The SMILES string of the molecule is N#Cc1c(OCc2ccc(Cl)c(Cl)c2)ccc2ccccc12. The van der Waals surface area contributed by atoms with E-state index in [9.17, 15) is 5.26 Å². The number of rotatable bonds is 3. The zero-order chi connectivity index (χ0) is 15.5. The van der Waals surface area contributed by atoms with Gasteiger partial charge in [0, 0.05) is 5.39 Å². The second-order valence-corrected chi connectivity index (χ2v) is 5.62. The van der Waals surface area contributed by atoms with Crippen molar-refractivity contribution in [3.8, 4) is 11.8 Å². The Bertz CT molecular complexity index is 884. The minimum atomic E-state index is 0.323. The van der Waals surface area contributed by atoms with Crippen molar-refractivity contribution < 1.29 is 4.74 Å². The topological polar surface area (TPSA) is 33.0 Å². The van der Waals surface area contributed by atoms with Crippen LogP contribution < -0.4 is 4.74 Å². The second-order valence-electron chi connectivity index (χ2n) is 4.81. The van der Waals surface area contributed by atoms with E-state index in [0.717, 1.165) is 16.3 Å². The molecule has 0 aliphatic heterocycles. The number of nitrogens with zero attached hydrogens (tertiary/aromatic N) is 1. The zero-order valence-electron chi connectivity index (χ0n) is 11.5. The van der Waals surface area contributed by atoms with Crippen LogP contribution in [0.5, 0.6) is 5.75 Å². The predicted molar refractivity (Wildman–Crippen MR) is 89.5 cm³/mol. The number of fused-ring (bicyclic) bond motifs is 1. The van der Waals surface area contributed by atoms with Crippen LogP contribution in [0.1, 0.15) is 11.1 Å². The van der Waals surface area contributed by atoms with Gasteiger partial charge in [0.1, 0.15) is 24.0 Å². The summed E-state index contributed by atoms with van der Waals surface area (Å²) in [4.78, 5) is 0. The number of benzene rings is 3. The van der Waals surface area contributed by atoms with E-state index in [-0.39, 0.29) is 0 Å². The van der Waals surface area contributed by atoms with Gasteiger partial charge in [-0.2, -0.15) is 5.26 Å². The largest absolute Gasteiger partial charge is 0.487 e. The molecule has 0 unspecified atom stereocenters. The van der Waals surface area contributed by atoms with Crippen molar-refractivity contribution in [2.75, 3.05) is 0 Å². The maximum absolute atomic E-state index is 9.43. The minimum absolute atomic E-state index is 0.323. The van der Waals surface area contributed by atoms with Gasteiger partial charge in [-0.3, -0.25) is 0 Å². The third-order valence-corrected chi connectivity index (χ3v) is 4.12. The Morgan fingerprint density at radius 3 is 2.55 bits per heavy atom. The van der Waals surface area contributed by atoms with Crippen molar-refractivity contribution in [2.24, 2.45) is 0 Å². The van der Waals surface area contributed by atoms with Gasteiger partial charge in [-0.25, -0.2) is 0 Å². The lowest BCUT2D eigenvalue weighted by Crippen LogP contribution is -1.98. The maximum atomic E-state index is 9.43. The van der Waals surface area contributed by atoms with E-state index in [1.165, 1.54) is 0 Å². The highest BCUT2D eigenvalue weighted by Crippen LogP contribution is 2.28. The van der Waals surface area contributed by atoms with Gasteiger partial charge in [0.25, 0.3) is 0 Å². The molecule has 0 aliphatic carbocycles. The molecule has 0 fully saturated rings. The minimum Gasteiger partial charge on any atom is -0.487 e. The van der Waals surface area contributed by atoms with E-state index in [2.05, 4.69) is 6.07 Å². The van der Waals surface area contributed by atoms with E-state index in [1.807, 2.05) is 42.5 Å². The van der Waals surface area contributed by atoms with Gasteiger partial charge in [0.2, 0.25) is 0 Å². The second kappa shape index (κ2) is 6.27. The summed E-state index contributed by atoms with van der Waals surface area (Å²) in [6, 6.07) is 19.1. The van der Waals surface area contributed by atoms with Gasteiger partial charge in [-0.05, 0) is 29.1 Å². The van der Waals surface area contributed by atoms with Crippen molar-refractivity contribution in [3.05, 3.63) is 75.8 Å². The number of halogens is 2. The Balaban J connectivity index is 1.90. The normalized spacial score (nSPS) is 10.4. The molecule has 0 saturated heterocycles. The molecule has 0 saturated carbocycles. The van der Waals surface area contributed by atoms with Crippen molar-refractivity contribution in [1.29, 1.82) is 5.26 Å². The van der Waals surface area contributed by atoms with Crippen LogP contribution in [0.15, 0.2) is 54.6 Å². The first kappa shape index (κ1) is 14.7. The molecule has 3 aromatic carbocycles. The molecule has 0 aliphatic rings. The van der Waals surface area contributed by atoms with E-state index in [4.69, 9.17) is 27.9 Å². The highest BCUT2D eigenvalue weighted by molar-refractivity contribution is 6.42. The van der Waals surface area contributed by atoms with Crippen LogP contribution in [-0.4, -0.2) is 0 Å². The molecule has 3 rings (SSSR count). The molecular formula is C18H11Cl2NO. The average molecular weight is 328 g/mol. The van der Waals surface area contributed by atoms with Crippen molar-refractivity contribution in [3.63, 3.8) is 0 Å². The van der Waals surface area contributed by atoms with Gasteiger partial charge < -0.3 is 4.74 Å². The Labute approximate surface area is 138 Å². The fourth-order valence-electron chi connectivity index (χ4n) is 2.28. The summed E-state index contributed by atoms with van der Waals surface area (Å²) < 4.78 is 5.79. The molecule has 22 heavy (non-hydrogen) atoms. The van der Waals surface area contributed by atoms with Gasteiger partial charge in [0.15, 0.2) is 0 Å². The molecule has 0 radical (unpaired) electrons. The van der Waals surface area contributed by atoms with Gasteiger partial charge in [-0.15, -0.1) is 0 Å². The Morgan fingerprint density at radius 1 is 0.955 bits per heavy atom. The van der Waals surface area contributed by atoms with E-state index < -0.39 is 0 Å². The lowest BCUT2D eigenvalue weighted by atomic mass is 10.0. The number of hydrogen-bond acceptors (Lipinski definition) is 2. The molecule has 0 heterocycles. The van der Waals surface area contributed by atoms with Crippen molar-refractivity contribution in [1.82, 2.24) is 0 Å². The zero-order valence-corrected chi connectivity index (χ0v) is 13.0. The molecule has 0 bridgehead atoms. The first-order chi connectivity index (χ1) is 10.7. The molecule has 4 heteroatoms. The molecule has 0 spiro atoms. The third kappa shape index (κ3) is 2.87. The lowest BCUT2D eigenvalue weighted by Gasteiger charge is -2.10. The molecule has 108 valence electrons. The quantitative estimate of drug-likeness (QED) is 0.627. The molecule has 0 aromatic heterocycles. The molecule has 3 aromatic rings. The smallest absolute Gasteiger partial charge is 0.138 e. The summed E-state index contributed by atoms with van der Waals surface area (Å²) in [5.41, 5.74) is 1.43. The fourth-order valence-corrected chi connectivity index (χ4v) is 2.60. The first-order valence-corrected chi connectivity index (χ1v) is 7.43. The number of hydrogen-bond donors (Lipinski definition) is 0. The average Bonchev–Trinajstić information content (AvgIpc) is 2.55. The van der Waals surface area contributed by atoms with E-state index in [1.54, 1.807) is 12.1 Å². The van der Waals surface area contributed by atoms with Gasteiger partial charge in [-0.1, -0.05) is 59.6 Å². The molecule has 0 atom stereocenters. The lowest BCUT2D eigenvalue weighted by molar-refractivity contribution is 0.306. The Hall–Kier alpha value is -2.21. The summed E-state index contributed by atoms with van der Waals surface area (Å²) >= 11 is 11.9. The standard InChI is InChI=1S/C18H11Cl2NO/c19-16-7-5-12(9-17(16)20)11-22-18-8-6-13-3-1-2-4-14(13)15(18)10-21/h1-9H,11H2. The van der Waals surface area contributed by atoms with Crippen LogP contribution >= 0.6 is 23.2 Å². The Morgan fingerprint density at radius 2 is 1.77 bits per heavy atom. The van der Waals surface area contributed by atoms with Crippen LogP contribution in [0.2, 0.25) is 10.0 Å². The molecular weight excluding hydrogens is 317 g/mol. The van der Waals surface area contributed by atoms with Crippen LogP contribution in [-0.2, 0) is 6.61 Å². The summed E-state index contributed by atoms with van der Waals surface area (Å²) in [6.07, 6.45) is 0. The van der Waals surface area contributed by atoms with Gasteiger partial charge in [0.05, 0.1) is 10.0 Å². The highest BCUT2D eigenvalue weighted by atomic mass is 35.5.